The Morgan fingerprint density at radius 3 is 2.82 bits per heavy atom. The summed E-state index contributed by atoms with van der Waals surface area (Å²) in [7, 11) is 3.43. The van der Waals surface area contributed by atoms with Crippen LogP contribution in [0.3, 0.4) is 0 Å². The molecule has 4 aromatic rings. The number of benzene rings is 2. The van der Waals surface area contributed by atoms with Gasteiger partial charge in [0.15, 0.2) is 0 Å². The van der Waals surface area contributed by atoms with E-state index in [1.807, 2.05) is 48.5 Å². The molecule has 0 fully saturated rings. The molecule has 28 heavy (non-hydrogen) atoms. The van der Waals surface area contributed by atoms with Crippen molar-refractivity contribution in [2.24, 2.45) is 7.05 Å². The Balaban J connectivity index is 1.67. The molecule has 0 spiro atoms. The second-order valence-corrected chi connectivity index (χ2v) is 6.70. The van der Waals surface area contributed by atoms with Gasteiger partial charge in [-0.1, -0.05) is 30.8 Å². The predicted octanol–water partition coefficient (Wildman–Crippen LogP) is 3.86. The predicted molar refractivity (Wildman–Crippen MR) is 113 cm³/mol. The van der Waals surface area contributed by atoms with Crippen molar-refractivity contribution in [2.75, 3.05) is 7.11 Å². The molecule has 140 valence electrons. The minimum atomic E-state index is -0.0436. The lowest BCUT2D eigenvalue weighted by molar-refractivity contribution is 0.414. The van der Waals surface area contributed by atoms with E-state index < -0.39 is 0 Å². The summed E-state index contributed by atoms with van der Waals surface area (Å²) in [6.45, 7) is 4.76. The molecule has 0 bridgehead atoms. The van der Waals surface area contributed by atoms with Crippen molar-refractivity contribution in [2.45, 2.75) is 6.54 Å². The smallest absolute Gasteiger partial charge is 0.258 e. The van der Waals surface area contributed by atoms with E-state index >= 15 is 0 Å². The van der Waals surface area contributed by atoms with Crippen LogP contribution < -0.4 is 15.6 Å². The third-order valence-corrected chi connectivity index (χ3v) is 4.99. The molecule has 0 aliphatic carbocycles. The van der Waals surface area contributed by atoms with Crippen molar-refractivity contribution in [1.82, 2.24) is 14.9 Å². The zero-order chi connectivity index (χ0) is 19.7. The van der Waals surface area contributed by atoms with E-state index in [1.54, 1.807) is 31.1 Å². The van der Waals surface area contributed by atoms with Gasteiger partial charge in [0.1, 0.15) is 5.75 Å². The number of aromatic nitrogens is 2. The third-order valence-electron chi connectivity index (χ3n) is 4.99. The first-order chi connectivity index (χ1) is 13.6. The van der Waals surface area contributed by atoms with Crippen LogP contribution in [0.25, 0.3) is 27.4 Å². The first-order valence-electron chi connectivity index (χ1n) is 9.01. The molecule has 0 radical (unpaired) electrons. The van der Waals surface area contributed by atoms with E-state index in [-0.39, 0.29) is 5.56 Å². The van der Waals surface area contributed by atoms with Crippen LogP contribution in [0.4, 0.5) is 0 Å². The van der Waals surface area contributed by atoms with E-state index in [1.165, 1.54) is 0 Å². The molecule has 0 amide bonds. The van der Waals surface area contributed by atoms with Crippen molar-refractivity contribution in [3.05, 3.63) is 89.0 Å². The average molecular weight is 371 g/mol. The molecule has 4 rings (SSSR count). The summed E-state index contributed by atoms with van der Waals surface area (Å²) in [4.78, 5) is 17.0. The summed E-state index contributed by atoms with van der Waals surface area (Å²) >= 11 is 0. The van der Waals surface area contributed by atoms with Crippen LogP contribution >= 0.6 is 0 Å². The monoisotopic (exact) mass is 371 g/mol. The zero-order valence-corrected chi connectivity index (χ0v) is 15.9. The summed E-state index contributed by atoms with van der Waals surface area (Å²) < 4.78 is 6.90. The Kier molecular flexibility index (Phi) is 4.57. The number of hydrogen-bond donors (Lipinski definition) is 1. The lowest BCUT2D eigenvalue weighted by atomic mass is 10.0. The number of nitrogens with zero attached hydrogens (tertiary/aromatic N) is 2. The highest BCUT2D eigenvalue weighted by molar-refractivity contribution is 6.05. The molecule has 5 nitrogen and oxygen atoms in total. The second kappa shape index (κ2) is 7.19. The van der Waals surface area contributed by atoms with Gasteiger partial charge in [0.05, 0.1) is 18.8 Å². The van der Waals surface area contributed by atoms with Crippen molar-refractivity contribution in [3.63, 3.8) is 0 Å². The van der Waals surface area contributed by atoms with E-state index in [0.29, 0.717) is 11.9 Å². The van der Waals surface area contributed by atoms with Gasteiger partial charge in [0.25, 0.3) is 5.56 Å². The Hall–Kier alpha value is -3.60. The minimum absolute atomic E-state index is 0.0436. The van der Waals surface area contributed by atoms with Crippen LogP contribution in [0.2, 0.25) is 0 Å². The van der Waals surface area contributed by atoms with Crippen molar-refractivity contribution >= 4 is 27.4 Å². The van der Waals surface area contributed by atoms with Crippen LogP contribution in [0.5, 0.6) is 5.75 Å². The van der Waals surface area contributed by atoms with Crippen LogP contribution in [-0.4, -0.2) is 16.7 Å². The molecule has 2 aromatic carbocycles. The van der Waals surface area contributed by atoms with Gasteiger partial charge in [-0.05, 0) is 40.8 Å². The van der Waals surface area contributed by atoms with Crippen LogP contribution in [-0.2, 0) is 13.6 Å². The normalized spacial score (nSPS) is 10.9. The quantitative estimate of drug-likeness (QED) is 0.541. The third kappa shape index (κ3) is 3.11. The SMILES string of the molecule is C=C(NCc1cccc(OC)c1)c1ccc2c(c1)c(=O)n(C)c1cnccc21. The summed E-state index contributed by atoms with van der Waals surface area (Å²) in [6.07, 6.45) is 3.47. The van der Waals surface area contributed by atoms with Crippen LogP contribution in [0.1, 0.15) is 11.1 Å². The molecule has 0 aliphatic rings. The topological polar surface area (TPSA) is 56.1 Å². The maximum Gasteiger partial charge on any atom is 0.258 e. The second-order valence-electron chi connectivity index (χ2n) is 6.70. The van der Waals surface area contributed by atoms with Crippen LogP contribution in [0.15, 0.2) is 72.3 Å². The lowest BCUT2D eigenvalue weighted by Gasteiger charge is -2.13. The Morgan fingerprint density at radius 2 is 2.00 bits per heavy atom. The molecule has 2 heterocycles. The average Bonchev–Trinajstić information content (AvgIpc) is 2.75. The first-order valence-corrected chi connectivity index (χ1v) is 9.01. The molecular formula is C23H21N3O2. The molecule has 2 aromatic heterocycles. The Morgan fingerprint density at radius 1 is 1.14 bits per heavy atom. The number of aryl methyl sites for hydroxylation is 1. The number of nitrogens with one attached hydrogen (secondary N) is 1. The highest BCUT2D eigenvalue weighted by Crippen LogP contribution is 2.24. The van der Waals surface area contributed by atoms with Crippen LogP contribution in [0, 0.1) is 0 Å². The van der Waals surface area contributed by atoms with E-state index in [9.17, 15) is 4.79 Å². The molecule has 0 saturated heterocycles. The number of rotatable bonds is 5. The fraction of sp³-hybridized carbons (Fsp3) is 0.130. The van der Waals surface area contributed by atoms with E-state index in [2.05, 4.69) is 16.9 Å². The van der Waals surface area contributed by atoms with Crippen molar-refractivity contribution < 1.29 is 4.74 Å². The van der Waals surface area contributed by atoms with E-state index in [0.717, 1.165) is 38.9 Å². The van der Waals surface area contributed by atoms with Gasteiger partial charge in [-0.2, -0.15) is 0 Å². The zero-order valence-electron chi connectivity index (χ0n) is 15.9. The maximum atomic E-state index is 12.8. The van der Waals surface area contributed by atoms with Crippen molar-refractivity contribution in [3.8, 4) is 5.75 Å². The van der Waals surface area contributed by atoms with Gasteiger partial charge in [-0.3, -0.25) is 9.78 Å². The highest BCUT2D eigenvalue weighted by atomic mass is 16.5. The fourth-order valence-electron chi connectivity index (χ4n) is 3.41. The lowest BCUT2D eigenvalue weighted by Crippen LogP contribution is -2.18. The molecule has 0 atom stereocenters. The van der Waals surface area contributed by atoms with Gasteiger partial charge in [0, 0.05) is 36.3 Å². The summed E-state index contributed by atoms with van der Waals surface area (Å²) in [5, 5.41) is 5.93. The van der Waals surface area contributed by atoms with Gasteiger partial charge in [-0.15, -0.1) is 0 Å². The summed E-state index contributed by atoms with van der Waals surface area (Å²) in [6, 6.07) is 15.7. The number of ether oxygens (including phenoxy) is 1. The highest BCUT2D eigenvalue weighted by Gasteiger charge is 2.10. The Bertz CT molecular complexity index is 1260. The van der Waals surface area contributed by atoms with Gasteiger partial charge in [0.2, 0.25) is 0 Å². The molecule has 0 saturated carbocycles. The Labute approximate surface area is 162 Å². The molecule has 5 heteroatoms. The largest absolute Gasteiger partial charge is 0.497 e. The molecule has 1 N–H and O–H groups in total. The standard InChI is InChI=1S/C23H21N3O2/c1-15(25-13-16-5-4-6-18(11-16)28-3)17-7-8-19-20-9-10-24-14-22(20)26(2)23(27)21(19)12-17/h4-12,14,25H,1,13H2,2-3H3. The number of fused-ring (bicyclic) bond motifs is 3. The van der Waals surface area contributed by atoms with Gasteiger partial charge < -0.3 is 14.6 Å². The minimum Gasteiger partial charge on any atom is -0.497 e. The number of pyridine rings is 2. The van der Waals surface area contributed by atoms with Crippen molar-refractivity contribution in [1.29, 1.82) is 0 Å². The number of hydrogen-bond acceptors (Lipinski definition) is 4. The first kappa shape index (κ1) is 17.8. The van der Waals surface area contributed by atoms with Gasteiger partial charge in [-0.25, -0.2) is 0 Å². The van der Waals surface area contributed by atoms with E-state index in [4.69, 9.17) is 4.74 Å². The maximum absolute atomic E-state index is 12.8. The molecule has 0 aliphatic heterocycles. The fourth-order valence-corrected chi connectivity index (χ4v) is 3.41. The summed E-state index contributed by atoms with van der Waals surface area (Å²) in [5.41, 5.74) is 3.53. The summed E-state index contributed by atoms with van der Waals surface area (Å²) in [5.74, 6) is 0.820. The van der Waals surface area contributed by atoms with Gasteiger partial charge >= 0.3 is 0 Å². The molecular weight excluding hydrogens is 350 g/mol. The molecule has 0 unspecified atom stereocenters. The number of methoxy groups -OCH3 is 1.